The fourth-order valence-corrected chi connectivity index (χ4v) is 1.20. The van der Waals surface area contributed by atoms with Gasteiger partial charge < -0.3 is 11.5 Å². The third-order valence-electron chi connectivity index (χ3n) is 1.84. The van der Waals surface area contributed by atoms with E-state index in [9.17, 15) is 0 Å². The third-order valence-corrected chi connectivity index (χ3v) is 1.84. The lowest BCUT2D eigenvalue weighted by molar-refractivity contribution is 1.11. The predicted molar refractivity (Wildman–Crippen MR) is 46.6 cm³/mol. The number of nitrogen functional groups attached to an aromatic ring is 2. The van der Waals surface area contributed by atoms with Crippen molar-refractivity contribution in [3.05, 3.63) is 23.3 Å². The maximum atomic E-state index is 5.61. The number of benzene rings is 1. The van der Waals surface area contributed by atoms with Crippen LogP contribution in [0.1, 0.15) is 11.1 Å². The molecule has 11 heavy (non-hydrogen) atoms. The number of nitrogens with zero attached hydrogens (tertiary/aromatic N) is 1. The fraction of sp³-hybridized carbons (Fsp3) is 0.125. The van der Waals surface area contributed by atoms with E-state index in [1.807, 2.05) is 18.3 Å². The van der Waals surface area contributed by atoms with E-state index >= 15 is 0 Å². The molecule has 0 bridgehead atoms. The Morgan fingerprint density at radius 2 is 1.91 bits per heavy atom. The summed E-state index contributed by atoms with van der Waals surface area (Å²) in [5.74, 6) is 0. The van der Waals surface area contributed by atoms with Crippen LogP contribution in [0.3, 0.4) is 0 Å². The van der Waals surface area contributed by atoms with Crippen molar-refractivity contribution in [3.8, 4) is 0 Å². The Kier molecular flexibility index (Phi) is 1.12. The first-order chi connectivity index (χ1) is 5.27. The molecule has 0 unspecified atom stereocenters. The van der Waals surface area contributed by atoms with Gasteiger partial charge in [0.25, 0.3) is 0 Å². The van der Waals surface area contributed by atoms with E-state index < -0.39 is 0 Å². The lowest BCUT2D eigenvalue weighted by Gasteiger charge is -2.02. The highest BCUT2D eigenvalue weighted by Crippen LogP contribution is 2.23. The average molecular weight is 147 g/mol. The molecule has 3 heteroatoms. The predicted octanol–water partition coefficient (Wildman–Crippen LogP) is 0.784. The van der Waals surface area contributed by atoms with Gasteiger partial charge in [-0.1, -0.05) is 0 Å². The van der Waals surface area contributed by atoms with Crippen LogP contribution in [0, 0.1) is 0 Å². The van der Waals surface area contributed by atoms with Gasteiger partial charge in [0.05, 0.1) is 17.9 Å². The Bertz CT molecular complexity index is 328. The SMILES string of the molecule is Nc1cc2c(cc1N)CN=C2. The van der Waals surface area contributed by atoms with Crippen LogP contribution < -0.4 is 11.5 Å². The number of aliphatic imine (C=N–C) groups is 1. The minimum Gasteiger partial charge on any atom is -0.397 e. The molecule has 56 valence electrons. The monoisotopic (exact) mass is 147 g/mol. The zero-order valence-electron chi connectivity index (χ0n) is 6.04. The first kappa shape index (κ1) is 6.22. The standard InChI is InChI=1S/C8H9N3/c9-7-1-5-3-11-4-6(5)2-8(7)10/h1-3H,4,9-10H2. The first-order valence-corrected chi connectivity index (χ1v) is 3.45. The summed E-state index contributed by atoms with van der Waals surface area (Å²) < 4.78 is 0. The van der Waals surface area contributed by atoms with E-state index in [0.717, 1.165) is 17.7 Å². The average Bonchev–Trinajstić information content (AvgIpc) is 2.36. The fourth-order valence-electron chi connectivity index (χ4n) is 1.20. The Hall–Kier alpha value is -1.51. The van der Waals surface area contributed by atoms with Crippen molar-refractivity contribution in [3.63, 3.8) is 0 Å². The van der Waals surface area contributed by atoms with Crippen LogP contribution in [-0.4, -0.2) is 6.21 Å². The molecule has 1 aliphatic rings. The summed E-state index contributed by atoms with van der Waals surface area (Å²) in [6, 6.07) is 3.75. The van der Waals surface area contributed by atoms with Crippen molar-refractivity contribution in [2.45, 2.75) is 6.54 Å². The Morgan fingerprint density at radius 3 is 2.73 bits per heavy atom. The molecule has 2 rings (SSSR count). The lowest BCUT2D eigenvalue weighted by atomic mass is 10.1. The minimum absolute atomic E-state index is 0.636. The highest BCUT2D eigenvalue weighted by molar-refractivity contribution is 5.88. The number of hydrogen-bond acceptors (Lipinski definition) is 3. The second-order valence-corrected chi connectivity index (χ2v) is 2.65. The molecule has 0 radical (unpaired) electrons. The van der Waals surface area contributed by atoms with Gasteiger partial charge in [0, 0.05) is 6.21 Å². The van der Waals surface area contributed by atoms with E-state index in [-0.39, 0.29) is 0 Å². The third kappa shape index (κ3) is 0.852. The summed E-state index contributed by atoms with van der Waals surface area (Å²) in [5.41, 5.74) is 14.8. The van der Waals surface area contributed by atoms with Gasteiger partial charge in [-0.25, -0.2) is 0 Å². The summed E-state index contributed by atoms with van der Waals surface area (Å²) in [5, 5.41) is 0. The van der Waals surface area contributed by atoms with Gasteiger partial charge >= 0.3 is 0 Å². The molecule has 0 fully saturated rings. The molecule has 4 N–H and O–H groups in total. The number of nitrogens with two attached hydrogens (primary N) is 2. The highest BCUT2D eigenvalue weighted by atomic mass is 14.7. The molecule has 0 saturated heterocycles. The molecular formula is C8H9N3. The summed E-state index contributed by atoms with van der Waals surface area (Å²) in [7, 11) is 0. The highest BCUT2D eigenvalue weighted by Gasteiger charge is 2.07. The second-order valence-electron chi connectivity index (χ2n) is 2.65. The Labute approximate surface area is 64.7 Å². The van der Waals surface area contributed by atoms with Crippen molar-refractivity contribution < 1.29 is 0 Å². The number of rotatable bonds is 0. The zero-order valence-corrected chi connectivity index (χ0v) is 6.04. The maximum Gasteiger partial charge on any atom is 0.0647 e. The smallest absolute Gasteiger partial charge is 0.0647 e. The Morgan fingerprint density at radius 1 is 1.18 bits per heavy atom. The largest absolute Gasteiger partial charge is 0.397 e. The molecule has 0 spiro atoms. The molecule has 0 atom stereocenters. The van der Waals surface area contributed by atoms with E-state index in [1.165, 1.54) is 0 Å². The molecule has 1 aliphatic heterocycles. The van der Waals surface area contributed by atoms with Crippen LogP contribution in [0.25, 0.3) is 0 Å². The van der Waals surface area contributed by atoms with Gasteiger partial charge in [-0.3, -0.25) is 4.99 Å². The topological polar surface area (TPSA) is 64.4 Å². The van der Waals surface area contributed by atoms with Crippen molar-refractivity contribution in [2.24, 2.45) is 4.99 Å². The maximum absolute atomic E-state index is 5.61. The van der Waals surface area contributed by atoms with Crippen LogP contribution in [0.2, 0.25) is 0 Å². The molecular weight excluding hydrogens is 138 g/mol. The molecule has 0 aliphatic carbocycles. The first-order valence-electron chi connectivity index (χ1n) is 3.45. The van der Waals surface area contributed by atoms with Gasteiger partial charge in [0.2, 0.25) is 0 Å². The van der Waals surface area contributed by atoms with Crippen LogP contribution >= 0.6 is 0 Å². The summed E-state index contributed by atoms with van der Waals surface area (Å²) in [6.45, 7) is 0.736. The van der Waals surface area contributed by atoms with E-state index in [1.54, 1.807) is 0 Å². The summed E-state index contributed by atoms with van der Waals surface area (Å²) in [6.07, 6.45) is 1.82. The van der Waals surface area contributed by atoms with E-state index in [2.05, 4.69) is 4.99 Å². The normalized spacial score (nSPS) is 13.5. The summed E-state index contributed by atoms with van der Waals surface area (Å²) >= 11 is 0. The van der Waals surface area contributed by atoms with Crippen molar-refractivity contribution in [1.82, 2.24) is 0 Å². The second kappa shape index (κ2) is 1.99. The van der Waals surface area contributed by atoms with Gasteiger partial charge in [-0.15, -0.1) is 0 Å². The molecule has 0 amide bonds. The van der Waals surface area contributed by atoms with E-state index in [0.29, 0.717) is 11.4 Å². The molecule has 1 aromatic rings. The number of hydrogen-bond donors (Lipinski definition) is 2. The van der Waals surface area contributed by atoms with Crippen LogP contribution in [-0.2, 0) is 6.54 Å². The zero-order chi connectivity index (χ0) is 7.84. The van der Waals surface area contributed by atoms with E-state index in [4.69, 9.17) is 11.5 Å². The molecule has 1 heterocycles. The van der Waals surface area contributed by atoms with Crippen LogP contribution in [0.15, 0.2) is 17.1 Å². The summed E-state index contributed by atoms with van der Waals surface area (Å²) in [4.78, 5) is 4.10. The van der Waals surface area contributed by atoms with Crippen LogP contribution in [0.4, 0.5) is 11.4 Å². The molecule has 0 saturated carbocycles. The van der Waals surface area contributed by atoms with Crippen molar-refractivity contribution in [1.29, 1.82) is 0 Å². The minimum atomic E-state index is 0.636. The quantitative estimate of drug-likeness (QED) is 0.533. The van der Waals surface area contributed by atoms with Crippen molar-refractivity contribution in [2.75, 3.05) is 11.5 Å². The van der Waals surface area contributed by atoms with Gasteiger partial charge in [-0.05, 0) is 23.3 Å². The molecule has 3 nitrogen and oxygen atoms in total. The molecule has 0 aromatic heterocycles. The van der Waals surface area contributed by atoms with Crippen LogP contribution in [0.5, 0.6) is 0 Å². The number of anilines is 2. The van der Waals surface area contributed by atoms with Gasteiger partial charge in [-0.2, -0.15) is 0 Å². The van der Waals surface area contributed by atoms with Gasteiger partial charge in [0.1, 0.15) is 0 Å². The number of fused-ring (bicyclic) bond motifs is 1. The van der Waals surface area contributed by atoms with Gasteiger partial charge in [0.15, 0.2) is 0 Å². The lowest BCUT2D eigenvalue weighted by Crippen LogP contribution is -1.97. The van der Waals surface area contributed by atoms with Crippen molar-refractivity contribution >= 4 is 17.6 Å². The molecule has 1 aromatic carbocycles. The Balaban J connectivity index is 2.63.